The highest BCUT2D eigenvalue weighted by Crippen LogP contribution is 2.37. The molecule has 1 saturated heterocycles. The zero-order chi connectivity index (χ0) is 12.1. The van der Waals surface area contributed by atoms with Crippen molar-refractivity contribution in [1.29, 1.82) is 0 Å². The number of thioether (sulfide) groups is 1. The molecule has 0 spiro atoms. The van der Waals surface area contributed by atoms with E-state index in [4.69, 9.17) is 0 Å². The molecule has 2 rings (SSSR count). The summed E-state index contributed by atoms with van der Waals surface area (Å²) in [6.45, 7) is 4.50. The van der Waals surface area contributed by atoms with Crippen molar-refractivity contribution >= 4 is 27.7 Å². The molecule has 0 aromatic heterocycles. The van der Waals surface area contributed by atoms with Gasteiger partial charge in [-0.25, -0.2) is 0 Å². The predicted octanol–water partition coefficient (Wildman–Crippen LogP) is 3.82. The van der Waals surface area contributed by atoms with E-state index in [1.165, 1.54) is 34.4 Å². The Morgan fingerprint density at radius 3 is 2.71 bits per heavy atom. The molecule has 3 heteroatoms. The second-order valence-corrected chi connectivity index (χ2v) is 6.91. The summed E-state index contributed by atoms with van der Waals surface area (Å²) in [5.41, 5.74) is 1.87. The van der Waals surface area contributed by atoms with Crippen molar-refractivity contribution in [3.63, 3.8) is 0 Å². The minimum Gasteiger partial charge on any atom is -0.315 e. The molecular weight excluding hydrogens is 294 g/mol. The Bertz CT molecular complexity index is 363. The summed E-state index contributed by atoms with van der Waals surface area (Å²) in [5.74, 6) is 2.53. The fraction of sp³-hybridized carbons (Fsp3) is 0.571. The van der Waals surface area contributed by atoms with Crippen molar-refractivity contribution in [2.75, 3.05) is 24.6 Å². The van der Waals surface area contributed by atoms with E-state index >= 15 is 0 Å². The molecular formula is C14H20BrNS. The standard InChI is InChI=1S/C14H20BrNS/c1-2-17-9-5-8-14(10-16-11-14)12-6-3-4-7-13(12)15/h3-4,6-7,16H,2,5,8-11H2,1H3. The van der Waals surface area contributed by atoms with E-state index in [1.807, 2.05) is 0 Å². The van der Waals surface area contributed by atoms with Gasteiger partial charge in [0.1, 0.15) is 0 Å². The lowest BCUT2D eigenvalue weighted by Gasteiger charge is -2.44. The van der Waals surface area contributed by atoms with Gasteiger partial charge in [0, 0.05) is 23.0 Å². The summed E-state index contributed by atoms with van der Waals surface area (Å²) in [7, 11) is 0. The van der Waals surface area contributed by atoms with Crippen LogP contribution in [0.1, 0.15) is 25.3 Å². The SMILES string of the molecule is CCSCCCC1(c2ccccc2Br)CNC1. The van der Waals surface area contributed by atoms with Crippen LogP contribution < -0.4 is 5.32 Å². The normalized spacial score (nSPS) is 17.8. The quantitative estimate of drug-likeness (QED) is 0.801. The van der Waals surface area contributed by atoms with E-state index in [0.717, 1.165) is 13.1 Å². The molecule has 0 aliphatic carbocycles. The van der Waals surface area contributed by atoms with Crippen molar-refractivity contribution in [2.24, 2.45) is 0 Å². The number of benzene rings is 1. The van der Waals surface area contributed by atoms with Crippen molar-refractivity contribution in [1.82, 2.24) is 5.32 Å². The zero-order valence-electron chi connectivity index (χ0n) is 10.3. The van der Waals surface area contributed by atoms with Crippen molar-refractivity contribution in [3.8, 4) is 0 Å². The summed E-state index contributed by atoms with van der Waals surface area (Å²) in [4.78, 5) is 0. The Hall–Kier alpha value is 0.01000. The van der Waals surface area contributed by atoms with Gasteiger partial charge in [-0.05, 0) is 36.0 Å². The first-order valence-electron chi connectivity index (χ1n) is 6.32. The molecule has 1 aliphatic rings. The minimum atomic E-state index is 0.383. The third-order valence-electron chi connectivity index (χ3n) is 3.52. The number of halogens is 1. The molecule has 1 aromatic carbocycles. The molecule has 0 radical (unpaired) electrons. The van der Waals surface area contributed by atoms with Crippen LogP contribution in [0.4, 0.5) is 0 Å². The van der Waals surface area contributed by atoms with Crippen LogP contribution in [-0.4, -0.2) is 24.6 Å². The molecule has 0 saturated carbocycles. The van der Waals surface area contributed by atoms with Gasteiger partial charge in [-0.15, -0.1) is 0 Å². The van der Waals surface area contributed by atoms with Crippen LogP contribution in [0.5, 0.6) is 0 Å². The fourth-order valence-electron chi connectivity index (χ4n) is 2.48. The first-order valence-corrected chi connectivity index (χ1v) is 8.27. The van der Waals surface area contributed by atoms with Crippen LogP contribution >= 0.6 is 27.7 Å². The molecule has 0 atom stereocenters. The second-order valence-electron chi connectivity index (χ2n) is 4.66. The lowest BCUT2D eigenvalue weighted by Crippen LogP contribution is -2.57. The average Bonchev–Trinajstić information content (AvgIpc) is 2.29. The van der Waals surface area contributed by atoms with Crippen LogP contribution in [-0.2, 0) is 5.41 Å². The lowest BCUT2D eigenvalue weighted by atomic mass is 9.72. The summed E-state index contributed by atoms with van der Waals surface area (Å²) >= 11 is 5.75. The average molecular weight is 314 g/mol. The van der Waals surface area contributed by atoms with Crippen LogP contribution in [0.15, 0.2) is 28.7 Å². The highest BCUT2D eigenvalue weighted by molar-refractivity contribution is 9.10. The second kappa shape index (κ2) is 6.26. The molecule has 94 valence electrons. The van der Waals surface area contributed by atoms with E-state index in [2.05, 4.69) is 64.2 Å². The maximum atomic E-state index is 3.70. The third kappa shape index (κ3) is 3.07. The maximum absolute atomic E-state index is 3.70. The van der Waals surface area contributed by atoms with Gasteiger partial charge in [0.05, 0.1) is 0 Å². The Labute approximate surface area is 117 Å². The highest BCUT2D eigenvalue weighted by Gasteiger charge is 2.38. The fourth-order valence-corrected chi connectivity index (χ4v) is 3.82. The maximum Gasteiger partial charge on any atom is 0.0214 e. The van der Waals surface area contributed by atoms with Gasteiger partial charge < -0.3 is 5.32 Å². The molecule has 17 heavy (non-hydrogen) atoms. The van der Waals surface area contributed by atoms with Gasteiger partial charge in [-0.3, -0.25) is 0 Å². The monoisotopic (exact) mass is 313 g/mol. The van der Waals surface area contributed by atoms with E-state index in [1.54, 1.807) is 0 Å². The van der Waals surface area contributed by atoms with E-state index in [-0.39, 0.29) is 0 Å². The minimum absolute atomic E-state index is 0.383. The van der Waals surface area contributed by atoms with Gasteiger partial charge in [0.15, 0.2) is 0 Å². The molecule has 0 bridgehead atoms. The number of rotatable bonds is 6. The molecule has 1 aliphatic heterocycles. The highest BCUT2D eigenvalue weighted by atomic mass is 79.9. The molecule has 1 heterocycles. The van der Waals surface area contributed by atoms with Crippen LogP contribution in [0, 0.1) is 0 Å². The van der Waals surface area contributed by atoms with Gasteiger partial charge in [-0.1, -0.05) is 41.1 Å². The summed E-state index contributed by atoms with van der Waals surface area (Å²) in [6, 6.07) is 8.69. The Morgan fingerprint density at radius 1 is 1.35 bits per heavy atom. The lowest BCUT2D eigenvalue weighted by molar-refractivity contribution is 0.255. The summed E-state index contributed by atoms with van der Waals surface area (Å²) in [5, 5.41) is 3.44. The molecule has 0 unspecified atom stereocenters. The van der Waals surface area contributed by atoms with Crippen molar-refractivity contribution in [3.05, 3.63) is 34.3 Å². The van der Waals surface area contributed by atoms with Crippen LogP contribution in [0.25, 0.3) is 0 Å². The van der Waals surface area contributed by atoms with Crippen LogP contribution in [0.2, 0.25) is 0 Å². The Morgan fingerprint density at radius 2 is 2.12 bits per heavy atom. The molecule has 1 N–H and O–H groups in total. The molecule has 0 amide bonds. The largest absolute Gasteiger partial charge is 0.315 e. The number of hydrogen-bond acceptors (Lipinski definition) is 2. The van der Waals surface area contributed by atoms with Gasteiger partial charge in [-0.2, -0.15) is 11.8 Å². The summed E-state index contributed by atoms with van der Waals surface area (Å²) in [6.07, 6.45) is 2.62. The van der Waals surface area contributed by atoms with Gasteiger partial charge >= 0.3 is 0 Å². The smallest absolute Gasteiger partial charge is 0.0214 e. The molecule has 1 nitrogen and oxygen atoms in total. The van der Waals surface area contributed by atoms with Gasteiger partial charge in [0.2, 0.25) is 0 Å². The van der Waals surface area contributed by atoms with E-state index in [9.17, 15) is 0 Å². The molecule has 1 fully saturated rings. The van der Waals surface area contributed by atoms with E-state index in [0.29, 0.717) is 5.41 Å². The van der Waals surface area contributed by atoms with E-state index < -0.39 is 0 Å². The van der Waals surface area contributed by atoms with Crippen molar-refractivity contribution < 1.29 is 0 Å². The first-order chi connectivity index (χ1) is 8.28. The predicted molar refractivity (Wildman–Crippen MR) is 80.9 cm³/mol. The number of nitrogens with one attached hydrogen (secondary N) is 1. The van der Waals surface area contributed by atoms with Crippen molar-refractivity contribution in [2.45, 2.75) is 25.2 Å². The summed E-state index contributed by atoms with van der Waals surface area (Å²) < 4.78 is 1.27. The third-order valence-corrected chi connectivity index (χ3v) is 5.20. The number of hydrogen-bond donors (Lipinski definition) is 1. The topological polar surface area (TPSA) is 12.0 Å². The van der Waals surface area contributed by atoms with Gasteiger partial charge in [0.25, 0.3) is 0 Å². The zero-order valence-corrected chi connectivity index (χ0v) is 12.7. The Kier molecular flexibility index (Phi) is 4.95. The Balaban J connectivity index is 2.02. The van der Waals surface area contributed by atoms with Crippen LogP contribution in [0.3, 0.4) is 0 Å². The molecule has 1 aromatic rings. The first kappa shape index (κ1) is 13.4.